The zero-order chi connectivity index (χ0) is 18.1. The molecular formula is C16H14O8. The molecule has 126 valence electrons. The van der Waals surface area contributed by atoms with Gasteiger partial charge in [-0.15, -0.1) is 0 Å². The summed E-state index contributed by atoms with van der Waals surface area (Å²) in [5.41, 5.74) is 0.311. The quantitative estimate of drug-likeness (QED) is 0.650. The molecule has 0 bridgehead atoms. The van der Waals surface area contributed by atoms with Gasteiger partial charge in [-0.2, -0.15) is 0 Å². The van der Waals surface area contributed by atoms with Gasteiger partial charge in [0.1, 0.15) is 11.5 Å². The van der Waals surface area contributed by atoms with Crippen LogP contribution in [-0.4, -0.2) is 44.9 Å². The normalized spacial score (nSPS) is 9.33. The summed E-state index contributed by atoms with van der Waals surface area (Å²) in [6.45, 7) is -0.438. The van der Waals surface area contributed by atoms with Crippen molar-refractivity contribution in [3.05, 3.63) is 59.7 Å². The summed E-state index contributed by atoms with van der Waals surface area (Å²) < 4.78 is 4.81. The largest absolute Gasteiger partial charge is 0.508 e. The number of ether oxygens (including phenoxy) is 1. The number of aromatic carboxylic acids is 2. The van der Waals surface area contributed by atoms with Crippen LogP contribution in [0, 0.1) is 0 Å². The van der Waals surface area contributed by atoms with E-state index in [0.29, 0.717) is 5.75 Å². The minimum atomic E-state index is -1.08. The fourth-order valence-corrected chi connectivity index (χ4v) is 1.44. The van der Waals surface area contributed by atoms with Crippen LogP contribution in [0.1, 0.15) is 20.7 Å². The van der Waals surface area contributed by atoms with Gasteiger partial charge in [-0.3, -0.25) is 0 Å². The summed E-state index contributed by atoms with van der Waals surface area (Å²) in [7, 11) is 0. The Labute approximate surface area is 136 Å². The molecule has 0 saturated heterocycles. The number of aliphatic carboxylic acids is 1. The lowest BCUT2D eigenvalue weighted by Crippen LogP contribution is -2.09. The van der Waals surface area contributed by atoms with Gasteiger partial charge in [0.2, 0.25) is 0 Å². The van der Waals surface area contributed by atoms with E-state index in [9.17, 15) is 14.4 Å². The van der Waals surface area contributed by atoms with Gasteiger partial charge in [0.15, 0.2) is 6.61 Å². The van der Waals surface area contributed by atoms with Gasteiger partial charge >= 0.3 is 17.9 Å². The molecule has 0 aliphatic carbocycles. The van der Waals surface area contributed by atoms with E-state index in [1.165, 1.54) is 48.5 Å². The maximum atomic E-state index is 10.4. The Bertz CT molecular complexity index is 704. The van der Waals surface area contributed by atoms with Crippen molar-refractivity contribution in [1.29, 1.82) is 0 Å². The van der Waals surface area contributed by atoms with Gasteiger partial charge < -0.3 is 25.2 Å². The minimum absolute atomic E-state index is 0.0741. The Kier molecular flexibility index (Phi) is 6.77. The Morgan fingerprint density at radius 1 is 0.750 bits per heavy atom. The van der Waals surface area contributed by atoms with E-state index in [2.05, 4.69) is 0 Å². The second kappa shape index (κ2) is 8.79. The number of hydrogen-bond acceptors (Lipinski definition) is 5. The molecule has 0 heterocycles. The number of phenolic OH excluding ortho intramolecular Hbond substituents is 1. The van der Waals surface area contributed by atoms with Gasteiger partial charge in [0.05, 0.1) is 11.1 Å². The first kappa shape index (κ1) is 18.5. The van der Waals surface area contributed by atoms with E-state index in [0.717, 1.165) is 0 Å². The highest BCUT2D eigenvalue weighted by Gasteiger charge is 2.03. The first-order valence-electron chi connectivity index (χ1n) is 6.50. The molecule has 4 N–H and O–H groups in total. The number of hydrogen-bond donors (Lipinski definition) is 4. The molecule has 8 heteroatoms. The fourth-order valence-electron chi connectivity index (χ4n) is 1.44. The zero-order valence-electron chi connectivity index (χ0n) is 12.2. The minimum Gasteiger partial charge on any atom is -0.508 e. The molecule has 24 heavy (non-hydrogen) atoms. The smallest absolute Gasteiger partial charge is 0.341 e. The molecular weight excluding hydrogens is 320 g/mol. The Morgan fingerprint density at radius 2 is 1.17 bits per heavy atom. The summed E-state index contributed by atoms with van der Waals surface area (Å²) in [4.78, 5) is 30.8. The lowest BCUT2D eigenvalue weighted by molar-refractivity contribution is -0.139. The lowest BCUT2D eigenvalue weighted by Gasteiger charge is -2.02. The van der Waals surface area contributed by atoms with Gasteiger partial charge in [0.25, 0.3) is 0 Å². The molecule has 0 radical (unpaired) electrons. The van der Waals surface area contributed by atoms with Crippen LogP contribution < -0.4 is 4.74 Å². The number of carboxylic acid groups (broad SMARTS) is 3. The van der Waals surface area contributed by atoms with Gasteiger partial charge in [0, 0.05) is 0 Å². The molecule has 0 aliphatic heterocycles. The molecule has 0 spiro atoms. The van der Waals surface area contributed by atoms with Crippen LogP contribution in [0.15, 0.2) is 48.5 Å². The monoisotopic (exact) mass is 334 g/mol. The van der Waals surface area contributed by atoms with E-state index in [1.807, 2.05) is 0 Å². The molecule has 2 aromatic rings. The fraction of sp³-hybridized carbons (Fsp3) is 0.0625. The zero-order valence-corrected chi connectivity index (χ0v) is 12.2. The standard InChI is InChI=1S/C9H8O5.C7H6O3/c10-8(11)5-14-7-3-1-6(2-4-7)9(12)13;8-6-3-1-5(2-4-6)7(9)10/h1-4H,5H2,(H,10,11)(H,12,13);1-4,8H,(H,9,10). The Balaban J connectivity index is 0.000000254. The second-order valence-electron chi connectivity index (χ2n) is 4.36. The summed E-state index contributed by atoms with van der Waals surface area (Å²) in [5, 5.41) is 34.0. The molecule has 0 amide bonds. The average Bonchev–Trinajstić information content (AvgIpc) is 2.54. The van der Waals surface area contributed by atoms with Gasteiger partial charge in [-0.25, -0.2) is 14.4 Å². The van der Waals surface area contributed by atoms with Crippen molar-refractivity contribution in [1.82, 2.24) is 0 Å². The molecule has 8 nitrogen and oxygen atoms in total. The van der Waals surface area contributed by atoms with Crippen LogP contribution in [0.5, 0.6) is 11.5 Å². The number of rotatable bonds is 5. The molecule has 0 aromatic heterocycles. The summed E-state index contributed by atoms with van der Waals surface area (Å²) >= 11 is 0. The molecule has 0 atom stereocenters. The van der Waals surface area contributed by atoms with Crippen LogP contribution in [-0.2, 0) is 4.79 Å². The van der Waals surface area contributed by atoms with Crippen molar-refractivity contribution >= 4 is 17.9 Å². The summed E-state index contributed by atoms with van der Waals surface area (Å²) in [6.07, 6.45) is 0. The number of phenols is 1. The highest BCUT2D eigenvalue weighted by molar-refractivity contribution is 5.88. The van der Waals surface area contributed by atoms with Crippen molar-refractivity contribution in [2.24, 2.45) is 0 Å². The van der Waals surface area contributed by atoms with Crippen molar-refractivity contribution in [2.75, 3.05) is 6.61 Å². The third kappa shape index (κ3) is 6.48. The maximum absolute atomic E-state index is 10.4. The maximum Gasteiger partial charge on any atom is 0.341 e. The highest BCUT2D eigenvalue weighted by atomic mass is 16.5. The van der Waals surface area contributed by atoms with Crippen molar-refractivity contribution in [2.45, 2.75) is 0 Å². The molecule has 2 rings (SSSR count). The predicted molar refractivity (Wildman–Crippen MR) is 81.6 cm³/mol. The molecule has 0 saturated carbocycles. The molecule has 2 aromatic carbocycles. The third-order valence-corrected chi connectivity index (χ3v) is 2.58. The highest BCUT2D eigenvalue weighted by Crippen LogP contribution is 2.11. The topological polar surface area (TPSA) is 141 Å². The van der Waals surface area contributed by atoms with E-state index >= 15 is 0 Å². The second-order valence-corrected chi connectivity index (χ2v) is 4.36. The van der Waals surface area contributed by atoms with Crippen LogP contribution in [0.2, 0.25) is 0 Å². The number of carbonyl (C=O) groups is 3. The van der Waals surface area contributed by atoms with E-state index in [4.69, 9.17) is 25.2 Å². The third-order valence-electron chi connectivity index (χ3n) is 2.58. The van der Waals surface area contributed by atoms with Gasteiger partial charge in [-0.05, 0) is 48.5 Å². The summed E-state index contributed by atoms with van der Waals surface area (Å²) in [5.74, 6) is -2.69. The van der Waals surface area contributed by atoms with E-state index in [-0.39, 0.29) is 16.9 Å². The van der Waals surface area contributed by atoms with Crippen LogP contribution >= 0.6 is 0 Å². The SMILES string of the molecule is O=C(O)COc1ccc(C(=O)O)cc1.O=C(O)c1ccc(O)cc1. The molecule has 0 unspecified atom stereocenters. The first-order valence-corrected chi connectivity index (χ1v) is 6.50. The lowest BCUT2D eigenvalue weighted by atomic mass is 10.2. The van der Waals surface area contributed by atoms with E-state index < -0.39 is 24.5 Å². The predicted octanol–water partition coefficient (Wildman–Crippen LogP) is 1.94. The van der Waals surface area contributed by atoms with Crippen molar-refractivity contribution in [3.8, 4) is 11.5 Å². The van der Waals surface area contributed by atoms with Gasteiger partial charge in [-0.1, -0.05) is 0 Å². The number of benzene rings is 2. The molecule has 0 fully saturated rings. The average molecular weight is 334 g/mol. The van der Waals surface area contributed by atoms with Crippen molar-refractivity contribution in [3.63, 3.8) is 0 Å². The van der Waals surface area contributed by atoms with E-state index in [1.54, 1.807) is 0 Å². The van der Waals surface area contributed by atoms with Crippen LogP contribution in [0.4, 0.5) is 0 Å². The Morgan fingerprint density at radius 3 is 1.54 bits per heavy atom. The van der Waals surface area contributed by atoms with Crippen LogP contribution in [0.25, 0.3) is 0 Å². The Hall–Kier alpha value is -3.55. The summed E-state index contributed by atoms with van der Waals surface area (Å²) in [6, 6.07) is 10.9. The first-order chi connectivity index (χ1) is 11.3. The number of carboxylic acids is 3. The number of aromatic hydroxyl groups is 1. The molecule has 0 aliphatic rings. The van der Waals surface area contributed by atoms with Crippen molar-refractivity contribution < 1.29 is 39.5 Å². The van der Waals surface area contributed by atoms with Crippen LogP contribution in [0.3, 0.4) is 0 Å².